The molecule has 0 saturated heterocycles. The lowest BCUT2D eigenvalue weighted by Gasteiger charge is -2.27. The van der Waals surface area contributed by atoms with Crippen molar-refractivity contribution in [3.05, 3.63) is 23.8 Å². The van der Waals surface area contributed by atoms with E-state index in [2.05, 4.69) is 31.4 Å². The van der Waals surface area contributed by atoms with Crippen molar-refractivity contribution in [2.45, 2.75) is 44.6 Å². The van der Waals surface area contributed by atoms with E-state index >= 15 is 0 Å². The minimum atomic E-state index is -3.46. The van der Waals surface area contributed by atoms with Gasteiger partial charge in [-0.3, -0.25) is 0 Å². The van der Waals surface area contributed by atoms with Crippen LogP contribution in [0.3, 0.4) is 0 Å². The number of benzene rings is 1. The molecule has 2 N–H and O–H groups in total. The van der Waals surface area contributed by atoms with E-state index in [-0.39, 0.29) is 10.4 Å². The van der Waals surface area contributed by atoms with Crippen molar-refractivity contribution < 1.29 is 8.42 Å². The molecule has 0 amide bonds. The summed E-state index contributed by atoms with van der Waals surface area (Å²) in [6, 6.07) is 4.98. The minimum absolute atomic E-state index is 0.120. The topological polar surface area (TPSA) is 61.4 Å². The summed E-state index contributed by atoms with van der Waals surface area (Å²) in [6.07, 6.45) is 0.919. The molecule has 0 aliphatic heterocycles. The number of sulfonamides is 1. The van der Waals surface area contributed by atoms with E-state index in [1.807, 2.05) is 6.92 Å². The normalized spacial score (nSPS) is 12.3. The number of aryl methyl sites for hydroxylation is 1. The van der Waals surface area contributed by atoms with E-state index in [0.29, 0.717) is 10.8 Å². The van der Waals surface area contributed by atoms with Crippen LogP contribution in [-0.2, 0) is 10.0 Å². The number of anilines is 1. The van der Waals surface area contributed by atoms with Crippen LogP contribution in [0.5, 0.6) is 0 Å². The van der Waals surface area contributed by atoms with Crippen molar-refractivity contribution in [1.82, 2.24) is 9.62 Å². The predicted molar refractivity (Wildman–Crippen MR) is 95.8 cm³/mol. The maximum absolute atomic E-state index is 12.2. The maximum atomic E-state index is 12.2. The lowest BCUT2D eigenvalue weighted by atomic mass is 10.0. The fraction of sp³-hybridized carbons (Fsp3) is 0.533. The second kappa shape index (κ2) is 6.93. The molecule has 0 aliphatic rings. The molecule has 22 heavy (non-hydrogen) atoms. The molecule has 0 radical (unpaired) electrons. The van der Waals surface area contributed by atoms with Gasteiger partial charge in [0.15, 0.2) is 5.11 Å². The van der Waals surface area contributed by atoms with Crippen molar-refractivity contribution in [2.75, 3.05) is 19.4 Å². The van der Waals surface area contributed by atoms with E-state index < -0.39 is 10.0 Å². The fourth-order valence-corrected chi connectivity index (χ4v) is 2.97. The molecular formula is C15H25N3O2S2. The van der Waals surface area contributed by atoms with Crippen LogP contribution in [0.4, 0.5) is 5.69 Å². The summed E-state index contributed by atoms with van der Waals surface area (Å²) in [6.45, 7) is 8.09. The van der Waals surface area contributed by atoms with E-state index in [1.165, 1.54) is 18.4 Å². The molecule has 0 heterocycles. The molecule has 0 aliphatic carbocycles. The van der Waals surface area contributed by atoms with Crippen LogP contribution < -0.4 is 10.6 Å². The monoisotopic (exact) mass is 343 g/mol. The molecule has 0 saturated carbocycles. The van der Waals surface area contributed by atoms with Gasteiger partial charge in [-0.05, 0) is 57.1 Å². The standard InChI is InChI=1S/C15H25N3O2S2/c1-7-15(3,4)17-14(21)16-13-10-12(9-8-11(13)2)22(19,20)18(5)6/h8-10H,7H2,1-6H3,(H2,16,17,21). The Morgan fingerprint density at radius 3 is 2.41 bits per heavy atom. The minimum Gasteiger partial charge on any atom is -0.358 e. The first kappa shape index (κ1) is 18.9. The van der Waals surface area contributed by atoms with Gasteiger partial charge in [0, 0.05) is 25.3 Å². The molecule has 0 atom stereocenters. The first-order chi connectivity index (χ1) is 9.99. The Morgan fingerprint density at radius 2 is 1.91 bits per heavy atom. The van der Waals surface area contributed by atoms with Gasteiger partial charge in [0.25, 0.3) is 0 Å². The average Bonchev–Trinajstić information content (AvgIpc) is 2.40. The summed E-state index contributed by atoms with van der Waals surface area (Å²) in [5.74, 6) is 0. The van der Waals surface area contributed by atoms with E-state index in [4.69, 9.17) is 12.2 Å². The molecule has 1 aromatic carbocycles. The summed E-state index contributed by atoms with van der Waals surface area (Å²) >= 11 is 5.32. The third kappa shape index (κ3) is 4.66. The van der Waals surface area contributed by atoms with Crippen molar-refractivity contribution in [3.63, 3.8) is 0 Å². The van der Waals surface area contributed by atoms with Gasteiger partial charge >= 0.3 is 0 Å². The number of nitrogens with one attached hydrogen (secondary N) is 2. The van der Waals surface area contributed by atoms with Gasteiger partial charge in [-0.25, -0.2) is 12.7 Å². The molecule has 0 spiro atoms. The Hall–Kier alpha value is -1.18. The first-order valence-electron chi connectivity index (χ1n) is 7.12. The zero-order valence-corrected chi connectivity index (χ0v) is 15.7. The second-order valence-electron chi connectivity index (χ2n) is 6.08. The first-order valence-corrected chi connectivity index (χ1v) is 8.97. The Labute approximate surface area is 139 Å². The van der Waals surface area contributed by atoms with Gasteiger partial charge < -0.3 is 10.6 Å². The SMILES string of the molecule is CCC(C)(C)NC(=S)Nc1cc(S(=O)(=O)N(C)C)ccc1C. The van der Waals surface area contributed by atoms with Crippen LogP contribution in [0.1, 0.15) is 32.8 Å². The molecule has 0 unspecified atom stereocenters. The number of thiocarbonyl (C=S) groups is 1. The van der Waals surface area contributed by atoms with Crippen LogP contribution in [0.15, 0.2) is 23.1 Å². The van der Waals surface area contributed by atoms with E-state index in [0.717, 1.165) is 12.0 Å². The predicted octanol–water partition coefficient (Wildman–Crippen LogP) is 2.72. The summed E-state index contributed by atoms with van der Waals surface area (Å²) in [4.78, 5) is 0.239. The van der Waals surface area contributed by atoms with Gasteiger partial charge in [-0.2, -0.15) is 0 Å². The van der Waals surface area contributed by atoms with Crippen molar-refractivity contribution in [1.29, 1.82) is 0 Å². The molecular weight excluding hydrogens is 318 g/mol. The fourth-order valence-electron chi connectivity index (χ4n) is 1.66. The highest BCUT2D eigenvalue weighted by atomic mass is 32.2. The molecule has 1 rings (SSSR count). The summed E-state index contributed by atoms with van der Waals surface area (Å²) in [5, 5.41) is 6.79. The Bertz CT molecular complexity index is 653. The van der Waals surface area contributed by atoms with Crippen molar-refractivity contribution >= 4 is 33.0 Å². The van der Waals surface area contributed by atoms with E-state index in [1.54, 1.807) is 18.2 Å². The highest BCUT2D eigenvalue weighted by Crippen LogP contribution is 2.22. The third-order valence-corrected chi connectivity index (χ3v) is 5.59. The van der Waals surface area contributed by atoms with Crippen LogP contribution in [-0.4, -0.2) is 37.5 Å². The number of hydrogen-bond donors (Lipinski definition) is 2. The highest BCUT2D eigenvalue weighted by molar-refractivity contribution is 7.89. The third-order valence-electron chi connectivity index (χ3n) is 3.57. The Kier molecular flexibility index (Phi) is 5.95. The van der Waals surface area contributed by atoms with Crippen LogP contribution in [0, 0.1) is 6.92 Å². The van der Waals surface area contributed by atoms with Gasteiger partial charge in [0.2, 0.25) is 10.0 Å². The van der Waals surface area contributed by atoms with Gasteiger partial charge in [-0.15, -0.1) is 0 Å². The van der Waals surface area contributed by atoms with Crippen LogP contribution >= 0.6 is 12.2 Å². The molecule has 5 nitrogen and oxygen atoms in total. The molecule has 0 bridgehead atoms. The van der Waals surface area contributed by atoms with Gasteiger partial charge in [0.05, 0.1) is 4.90 Å². The molecule has 124 valence electrons. The van der Waals surface area contributed by atoms with Crippen LogP contribution in [0.2, 0.25) is 0 Å². The number of hydrogen-bond acceptors (Lipinski definition) is 3. The zero-order valence-electron chi connectivity index (χ0n) is 14.0. The largest absolute Gasteiger partial charge is 0.358 e. The summed E-state index contributed by atoms with van der Waals surface area (Å²) in [5.41, 5.74) is 1.49. The Balaban J connectivity index is 3.04. The van der Waals surface area contributed by atoms with Gasteiger partial charge in [-0.1, -0.05) is 13.0 Å². The molecule has 0 aromatic heterocycles. The van der Waals surface area contributed by atoms with Crippen molar-refractivity contribution in [2.24, 2.45) is 0 Å². The molecule has 7 heteroatoms. The lowest BCUT2D eigenvalue weighted by molar-refractivity contribution is 0.448. The quantitative estimate of drug-likeness (QED) is 0.805. The summed E-state index contributed by atoms with van der Waals surface area (Å²) in [7, 11) is -0.438. The van der Waals surface area contributed by atoms with Crippen molar-refractivity contribution in [3.8, 4) is 0 Å². The average molecular weight is 344 g/mol. The molecule has 0 fully saturated rings. The van der Waals surface area contributed by atoms with Gasteiger partial charge in [0.1, 0.15) is 0 Å². The van der Waals surface area contributed by atoms with E-state index in [9.17, 15) is 8.42 Å². The molecule has 1 aromatic rings. The lowest BCUT2D eigenvalue weighted by Crippen LogP contribution is -2.44. The smallest absolute Gasteiger partial charge is 0.242 e. The number of rotatable bonds is 5. The Morgan fingerprint density at radius 1 is 1.32 bits per heavy atom. The number of nitrogens with zero attached hydrogens (tertiary/aromatic N) is 1. The second-order valence-corrected chi connectivity index (χ2v) is 8.64. The highest BCUT2D eigenvalue weighted by Gasteiger charge is 2.19. The zero-order chi connectivity index (χ0) is 17.1. The maximum Gasteiger partial charge on any atom is 0.242 e. The van der Waals surface area contributed by atoms with Crippen LogP contribution in [0.25, 0.3) is 0 Å². The summed E-state index contributed by atoms with van der Waals surface area (Å²) < 4.78 is 25.6.